The van der Waals surface area contributed by atoms with E-state index >= 15 is 0 Å². The Morgan fingerprint density at radius 1 is 1.42 bits per heavy atom. The summed E-state index contributed by atoms with van der Waals surface area (Å²) >= 11 is 3.44. The summed E-state index contributed by atoms with van der Waals surface area (Å²) in [5, 5.41) is 16.3. The first-order valence-electron chi connectivity index (χ1n) is 8.60. The lowest BCUT2D eigenvalue weighted by Gasteiger charge is -2.30. The number of hydrogen-bond donors (Lipinski definition) is 3. The molecule has 0 aliphatic carbocycles. The van der Waals surface area contributed by atoms with Crippen LogP contribution in [-0.2, 0) is 4.79 Å². The molecule has 0 bridgehead atoms. The highest BCUT2D eigenvalue weighted by molar-refractivity contribution is 9.10. The molecule has 0 spiro atoms. The zero-order valence-electron chi connectivity index (χ0n) is 14.5. The number of benzene rings is 1. The molecule has 2 amide bonds. The molecule has 2 heterocycles. The third-order valence-electron chi connectivity index (χ3n) is 4.51. The van der Waals surface area contributed by atoms with Gasteiger partial charge in [-0.3, -0.25) is 9.78 Å². The van der Waals surface area contributed by atoms with Crippen LogP contribution in [0.2, 0.25) is 0 Å². The van der Waals surface area contributed by atoms with Crippen LogP contribution >= 0.6 is 15.9 Å². The fourth-order valence-corrected chi connectivity index (χ4v) is 3.58. The molecule has 1 atom stereocenters. The van der Waals surface area contributed by atoms with E-state index < -0.39 is 6.09 Å². The molecule has 7 nitrogen and oxygen atoms in total. The van der Waals surface area contributed by atoms with Gasteiger partial charge in [0.2, 0.25) is 5.91 Å². The van der Waals surface area contributed by atoms with Crippen molar-refractivity contribution in [3.05, 3.63) is 28.9 Å². The highest BCUT2D eigenvalue weighted by Crippen LogP contribution is 2.32. The maximum absolute atomic E-state index is 12.7. The van der Waals surface area contributed by atoms with Gasteiger partial charge in [0.15, 0.2) is 0 Å². The van der Waals surface area contributed by atoms with Crippen molar-refractivity contribution in [2.24, 2.45) is 5.92 Å². The van der Waals surface area contributed by atoms with Crippen molar-refractivity contribution in [3.8, 4) is 0 Å². The first-order valence-corrected chi connectivity index (χ1v) is 9.39. The van der Waals surface area contributed by atoms with Crippen molar-refractivity contribution in [2.45, 2.75) is 19.8 Å². The summed E-state index contributed by atoms with van der Waals surface area (Å²) in [6.45, 7) is 3.40. The number of halogens is 1. The lowest BCUT2D eigenvalue weighted by molar-refractivity contribution is -0.121. The number of rotatable bonds is 4. The third kappa shape index (κ3) is 3.90. The Kier molecular flexibility index (Phi) is 5.61. The minimum atomic E-state index is -0.978. The van der Waals surface area contributed by atoms with Crippen molar-refractivity contribution in [1.82, 2.24) is 9.88 Å². The Morgan fingerprint density at radius 3 is 2.96 bits per heavy atom. The molecule has 1 aliphatic heterocycles. The van der Waals surface area contributed by atoms with Crippen LogP contribution in [0.15, 0.2) is 28.9 Å². The fraction of sp³-hybridized carbons (Fsp3) is 0.389. The lowest BCUT2D eigenvalue weighted by atomic mass is 9.97. The van der Waals surface area contributed by atoms with Crippen LogP contribution < -0.4 is 10.6 Å². The number of nitrogens with one attached hydrogen (secondary N) is 2. The number of likely N-dealkylation sites (tertiary alicyclic amines) is 1. The number of piperidine rings is 1. The molecule has 1 aromatic carbocycles. The summed E-state index contributed by atoms with van der Waals surface area (Å²) < 4.78 is 0.938. The van der Waals surface area contributed by atoms with E-state index in [1.54, 1.807) is 6.20 Å². The van der Waals surface area contributed by atoms with Gasteiger partial charge >= 0.3 is 6.09 Å². The van der Waals surface area contributed by atoms with Crippen LogP contribution in [0.3, 0.4) is 0 Å². The highest BCUT2D eigenvalue weighted by Gasteiger charge is 2.28. The summed E-state index contributed by atoms with van der Waals surface area (Å²) in [5.41, 5.74) is 2.26. The number of amides is 2. The Labute approximate surface area is 159 Å². The van der Waals surface area contributed by atoms with E-state index in [0.29, 0.717) is 31.6 Å². The minimum absolute atomic E-state index is 0.173. The number of aromatic nitrogens is 1. The molecule has 1 saturated heterocycles. The lowest BCUT2D eigenvalue weighted by Crippen LogP contribution is -2.43. The number of carboxylic acid groups (broad SMARTS) is 1. The van der Waals surface area contributed by atoms with Gasteiger partial charge in [0.05, 0.1) is 29.0 Å². The maximum atomic E-state index is 12.7. The molecule has 8 heteroatoms. The summed E-state index contributed by atoms with van der Waals surface area (Å²) in [6, 6.07) is 5.81. The van der Waals surface area contributed by atoms with E-state index in [0.717, 1.165) is 21.1 Å². The number of fused-ring (bicyclic) bond motifs is 1. The summed E-state index contributed by atoms with van der Waals surface area (Å²) in [6.07, 6.45) is 2.03. The van der Waals surface area contributed by atoms with Crippen molar-refractivity contribution in [1.29, 1.82) is 0 Å². The Morgan fingerprint density at radius 2 is 2.23 bits per heavy atom. The van der Waals surface area contributed by atoms with Gasteiger partial charge in [-0.05, 0) is 38.0 Å². The van der Waals surface area contributed by atoms with Crippen LogP contribution in [0.1, 0.15) is 19.8 Å². The smallest absolute Gasteiger partial charge is 0.407 e. The van der Waals surface area contributed by atoms with Crippen LogP contribution in [0, 0.1) is 5.92 Å². The second-order valence-corrected chi connectivity index (χ2v) is 7.21. The molecule has 0 saturated carbocycles. The van der Waals surface area contributed by atoms with Gasteiger partial charge in [-0.15, -0.1) is 0 Å². The van der Waals surface area contributed by atoms with Crippen LogP contribution in [0.5, 0.6) is 0 Å². The molecule has 3 N–H and O–H groups in total. The number of carbonyl (C=O) groups is 2. The van der Waals surface area contributed by atoms with Gasteiger partial charge in [-0.1, -0.05) is 15.9 Å². The molecule has 1 aromatic heterocycles. The zero-order chi connectivity index (χ0) is 18.7. The van der Waals surface area contributed by atoms with Crippen LogP contribution in [0.25, 0.3) is 10.9 Å². The quantitative estimate of drug-likeness (QED) is 0.699. The molecule has 138 valence electrons. The molecule has 26 heavy (non-hydrogen) atoms. The van der Waals surface area contributed by atoms with E-state index in [1.807, 2.05) is 25.1 Å². The SMILES string of the molecule is CCNc1c(NC(=O)C2CCCN(C(=O)O)C2)cnc2cc(Br)ccc12. The van der Waals surface area contributed by atoms with Crippen molar-refractivity contribution in [2.75, 3.05) is 30.3 Å². The third-order valence-corrected chi connectivity index (χ3v) is 5.00. The van der Waals surface area contributed by atoms with Gasteiger partial charge in [0.1, 0.15) is 0 Å². The molecular weight excluding hydrogens is 400 g/mol. The number of carbonyl (C=O) groups excluding carboxylic acids is 1. The van der Waals surface area contributed by atoms with E-state index in [-0.39, 0.29) is 18.4 Å². The molecule has 2 aromatic rings. The van der Waals surface area contributed by atoms with Crippen LogP contribution in [0.4, 0.5) is 16.2 Å². The standard InChI is InChI=1S/C18H21BrN4O3/c1-2-20-16-13-6-5-12(19)8-14(13)21-9-15(16)22-17(24)11-4-3-7-23(10-11)18(25)26/h5-6,8-9,11H,2-4,7,10H2,1H3,(H,20,21)(H,22,24)(H,25,26). The average molecular weight is 421 g/mol. The van der Waals surface area contributed by atoms with Crippen molar-refractivity contribution < 1.29 is 14.7 Å². The normalized spacial score (nSPS) is 17.2. The highest BCUT2D eigenvalue weighted by atomic mass is 79.9. The molecule has 0 radical (unpaired) electrons. The topological polar surface area (TPSA) is 94.6 Å². The number of pyridine rings is 1. The van der Waals surface area contributed by atoms with E-state index in [9.17, 15) is 9.59 Å². The predicted octanol–water partition coefficient (Wildman–Crippen LogP) is 3.76. The second kappa shape index (κ2) is 7.90. The molecule has 1 fully saturated rings. The summed E-state index contributed by atoms with van der Waals surface area (Å²) in [5.74, 6) is -0.525. The average Bonchev–Trinajstić information content (AvgIpc) is 2.63. The van der Waals surface area contributed by atoms with E-state index in [1.165, 1.54) is 4.90 Å². The molecule has 1 unspecified atom stereocenters. The monoisotopic (exact) mass is 420 g/mol. The van der Waals surface area contributed by atoms with Crippen molar-refractivity contribution >= 4 is 50.2 Å². The Bertz CT molecular complexity index is 843. The first-order chi connectivity index (χ1) is 12.5. The van der Waals surface area contributed by atoms with Gasteiger partial charge in [0.25, 0.3) is 0 Å². The zero-order valence-corrected chi connectivity index (χ0v) is 16.0. The minimum Gasteiger partial charge on any atom is -0.465 e. The number of anilines is 2. The van der Waals surface area contributed by atoms with Gasteiger partial charge < -0.3 is 20.6 Å². The van der Waals surface area contributed by atoms with Crippen molar-refractivity contribution in [3.63, 3.8) is 0 Å². The number of nitrogens with zero attached hydrogens (tertiary/aromatic N) is 2. The van der Waals surface area contributed by atoms with Gasteiger partial charge in [-0.25, -0.2) is 4.79 Å². The molecular formula is C18H21BrN4O3. The predicted molar refractivity (Wildman–Crippen MR) is 105 cm³/mol. The van der Waals surface area contributed by atoms with E-state index in [4.69, 9.17) is 5.11 Å². The first kappa shape index (κ1) is 18.4. The maximum Gasteiger partial charge on any atom is 0.407 e. The van der Waals surface area contributed by atoms with Gasteiger partial charge in [0, 0.05) is 29.5 Å². The molecule has 3 rings (SSSR count). The molecule has 1 aliphatic rings. The van der Waals surface area contributed by atoms with Gasteiger partial charge in [-0.2, -0.15) is 0 Å². The Hall–Kier alpha value is -2.35. The second-order valence-electron chi connectivity index (χ2n) is 6.30. The fourth-order valence-electron chi connectivity index (χ4n) is 3.23. The summed E-state index contributed by atoms with van der Waals surface area (Å²) in [7, 11) is 0. The Balaban J connectivity index is 1.85. The number of hydrogen-bond acceptors (Lipinski definition) is 4. The van der Waals surface area contributed by atoms with E-state index in [2.05, 4.69) is 31.5 Å². The summed E-state index contributed by atoms with van der Waals surface area (Å²) in [4.78, 5) is 29.6. The van der Waals surface area contributed by atoms with Crippen LogP contribution in [-0.4, -0.2) is 46.6 Å². The largest absolute Gasteiger partial charge is 0.465 e.